The molecule has 0 saturated carbocycles. The number of hydrogen-bond acceptors (Lipinski definition) is 4. The molecule has 18 heavy (non-hydrogen) atoms. The van der Waals surface area contributed by atoms with E-state index < -0.39 is 5.82 Å². The second-order valence-electron chi connectivity index (χ2n) is 3.42. The van der Waals surface area contributed by atoms with E-state index >= 15 is 0 Å². The van der Waals surface area contributed by atoms with E-state index in [-0.39, 0.29) is 10.0 Å². The monoisotopic (exact) mass is 286 g/mol. The second kappa shape index (κ2) is 5.37. The average Bonchev–Trinajstić information content (AvgIpc) is 2.36. The molecule has 2 aromatic rings. The van der Waals surface area contributed by atoms with Gasteiger partial charge in [-0.3, -0.25) is 0 Å². The molecular weight excluding hydrogens is 278 g/mol. The Kier molecular flexibility index (Phi) is 3.84. The highest BCUT2D eigenvalue weighted by Gasteiger charge is 2.08. The van der Waals surface area contributed by atoms with Gasteiger partial charge >= 0.3 is 0 Å². The van der Waals surface area contributed by atoms with Crippen LogP contribution < -0.4 is 10.6 Å². The minimum atomic E-state index is -0.637. The van der Waals surface area contributed by atoms with Gasteiger partial charge in [-0.15, -0.1) is 0 Å². The lowest BCUT2D eigenvalue weighted by molar-refractivity contribution is 0.629. The highest BCUT2D eigenvalue weighted by molar-refractivity contribution is 6.35. The van der Waals surface area contributed by atoms with Crippen molar-refractivity contribution in [3.05, 3.63) is 40.4 Å². The first-order valence-electron chi connectivity index (χ1n) is 5.01. The van der Waals surface area contributed by atoms with Crippen molar-refractivity contribution in [3.8, 4) is 0 Å². The lowest BCUT2D eigenvalue weighted by atomic mass is 10.3. The van der Waals surface area contributed by atoms with E-state index in [0.29, 0.717) is 17.3 Å². The zero-order valence-corrected chi connectivity index (χ0v) is 10.8. The lowest BCUT2D eigenvalue weighted by Crippen LogP contribution is -1.98. The van der Waals surface area contributed by atoms with E-state index in [2.05, 4.69) is 20.6 Å². The topological polar surface area (TPSA) is 49.8 Å². The van der Waals surface area contributed by atoms with Crippen molar-refractivity contribution >= 4 is 40.5 Å². The molecule has 1 aromatic heterocycles. The molecule has 0 atom stereocenters. The van der Waals surface area contributed by atoms with Crippen LogP contribution in [0.3, 0.4) is 0 Å². The molecule has 0 amide bonds. The van der Waals surface area contributed by atoms with Gasteiger partial charge in [0.05, 0.1) is 10.0 Å². The van der Waals surface area contributed by atoms with Gasteiger partial charge in [0.15, 0.2) is 5.82 Å². The third kappa shape index (κ3) is 2.80. The molecule has 0 radical (unpaired) electrons. The zero-order valence-electron chi connectivity index (χ0n) is 9.34. The molecule has 1 aromatic carbocycles. The van der Waals surface area contributed by atoms with Gasteiger partial charge in [-0.2, -0.15) is 0 Å². The molecule has 0 saturated heterocycles. The van der Waals surface area contributed by atoms with Gasteiger partial charge in [0.1, 0.15) is 18.0 Å². The summed E-state index contributed by atoms with van der Waals surface area (Å²) < 4.78 is 13.2. The van der Waals surface area contributed by atoms with Crippen molar-refractivity contribution in [2.75, 3.05) is 17.7 Å². The summed E-state index contributed by atoms with van der Waals surface area (Å²) in [4.78, 5) is 8.00. The molecular formula is C11H9Cl2FN4. The normalized spacial score (nSPS) is 10.2. The molecule has 0 fully saturated rings. The van der Waals surface area contributed by atoms with Crippen LogP contribution in [-0.4, -0.2) is 17.0 Å². The minimum Gasteiger partial charge on any atom is -0.373 e. The highest BCUT2D eigenvalue weighted by Crippen LogP contribution is 2.28. The van der Waals surface area contributed by atoms with Gasteiger partial charge in [0.2, 0.25) is 0 Å². The summed E-state index contributed by atoms with van der Waals surface area (Å²) in [6.07, 6.45) is 1.40. The molecule has 1 heterocycles. The molecule has 0 aliphatic heterocycles. The van der Waals surface area contributed by atoms with Crippen molar-refractivity contribution in [3.63, 3.8) is 0 Å². The number of rotatable bonds is 3. The van der Waals surface area contributed by atoms with E-state index in [1.54, 1.807) is 13.1 Å². The van der Waals surface area contributed by atoms with Crippen molar-refractivity contribution < 1.29 is 4.39 Å². The Bertz CT molecular complexity index is 554. The van der Waals surface area contributed by atoms with Crippen LogP contribution in [0.2, 0.25) is 10.0 Å². The number of nitrogens with one attached hydrogen (secondary N) is 2. The Balaban J connectivity index is 2.28. The van der Waals surface area contributed by atoms with Crippen LogP contribution in [0, 0.1) is 5.82 Å². The van der Waals surface area contributed by atoms with Crippen LogP contribution in [0.15, 0.2) is 24.5 Å². The van der Waals surface area contributed by atoms with Crippen LogP contribution in [-0.2, 0) is 0 Å². The van der Waals surface area contributed by atoms with Gasteiger partial charge in [-0.1, -0.05) is 23.2 Å². The first kappa shape index (κ1) is 12.9. The molecule has 94 valence electrons. The maximum absolute atomic E-state index is 13.2. The zero-order chi connectivity index (χ0) is 13.1. The molecule has 0 aliphatic carbocycles. The fraction of sp³-hybridized carbons (Fsp3) is 0.0909. The second-order valence-corrected chi connectivity index (χ2v) is 4.23. The van der Waals surface area contributed by atoms with Gasteiger partial charge in [0, 0.05) is 18.8 Å². The Morgan fingerprint density at radius 3 is 2.28 bits per heavy atom. The van der Waals surface area contributed by atoms with E-state index in [1.165, 1.54) is 18.5 Å². The van der Waals surface area contributed by atoms with Crippen LogP contribution in [0.1, 0.15) is 0 Å². The molecule has 0 spiro atoms. The minimum absolute atomic E-state index is 0.0482. The van der Waals surface area contributed by atoms with Gasteiger partial charge in [-0.05, 0) is 12.1 Å². The Labute approximate surface area is 113 Å². The summed E-state index contributed by atoms with van der Waals surface area (Å²) in [5.41, 5.74) is 0.548. The first-order chi connectivity index (χ1) is 8.60. The van der Waals surface area contributed by atoms with Gasteiger partial charge < -0.3 is 10.6 Å². The maximum atomic E-state index is 13.2. The summed E-state index contributed by atoms with van der Waals surface area (Å²) in [6.45, 7) is 0. The van der Waals surface area contributed by atoms with E-state index in [9.17, 15) is 4.39 Å². The molecule has 2 N–H and O–H groups in total. The predicted molar refractivity (Wildman–Crippen MR) is 71.3 cm³/mol. The Hall–Kier alpha value is -1.59. The molecule has 0 unspecified atom stereocenters. The molecule has 0 aliphatic rings. The molecule has 7 heteroatoms. The molecule has 4 nitrogen and oxygen atoms in total. The van der Waals surface area contributed by atoms with Crippen molar-refractivity contribution in [2.24, 2.45) is 0 Å². The molecule has 0 bridgehead atoms. The van der Waals surface area contributed by atoms with E-state index in [4.69, 9.17) is 23.2 Å². The first-order valence-corrected chi connectivity index (χ1v) is 5.77. The quantitative estimate of drug-likeness (QED) is 0.845. The summed E-state index contributed by atoms with van der Waals surface area (Å²) >= 11 is 11.4. The SMILES string of the molecule is CNc1cc(Nc2cc(Cl)c(F)c(Cl)c2)ncn1. The maximum Gasteiger partial charge on any atom is 0.160 e. The fourth-order valence-corrected chi connectivity index (χ4v) is 1.83. The number of benzene rings is 1. The molecule has 2 rings (SSSR count). The van der Waals surface area contributed by atoms with Crippen LogP contribution in [0.4, 0.5) is 21.7 Å². The smallest absolute Gasteiger partial charge is 0.160 e. The van der Waals surface area contributed by atoms with Crippen molar-refractivity contribution in [1.29, 1.82) is 0 Å². The Morgan fingerprint density at radius 1 is 1.06 bits per heavy atom. The summed E-state index contributed by atoms with van der Waals surface area (Å²) in [6, 6.07) is 4.57. The van der Waals surface area contributed by atoms with Gasteiger partial charge in [-0.25, -0.2) is 14.4 Å². The summed E-state index contributed by atoms with van der Waals surface area (Å²) in [5.74, 6) is 0.572. The van der Waals surface area contributed by atoms with Crippen molar-refractivity contribution in [2.45, 2.75) is 0 Å². The largest absolute Gasteiger partial charge is 0.373 e. The summed E-state index contributed by atoms with van der Waals surface area (Å²) in [7, 11) is 1.75. The van der Waals surface area contributed by atoms with E-state index in [1.807, 2.05) is 0 Å². The highest BCUT2D eigenvalue weighted by atomic mass is 35.5. The third-order valence-electron chi connectivity index (χ3n) is 2.18. The van der Waals surface area contributed by atoms with Crippen LogP contribution in [0.5, 0.6) is 0 Å². The average molecular weight is 287 g/mol. The number of anilines is 3. The fourth-order valence-electron chi connectivity index (χ4n) is 1.34. The summed E-state index contributed by atoms with van der Waals surface area (Å²) in [5, 5.41) is 5.75. The van der Waals surface area contributed by atoms with Crippen LogP contribution >= 0.6 is 23.2 Å². The van der Waals surface area contributed by atoms with Crippen molar-refractivity contribution in [1.82, 2.24) is 9.97 Å². The number of nitrogens with zero attached hydrogens (tertiary/aromatic N) is 2. The standard InChI is InChI=1S/C11H9Cl2FN4/c1-15-9-4-10(17-5-16-9)18-6-2-7(12)11(14)8(13)3-6/h2-5H,1H3,(H2,15,16,17,18). The Morgan fingerprint density at radius 2 is 1.67 bits per heavy atom. The number of aromatic nitrogens is 2. The number of halogens is 3. The number of hydrogen-bond donors (Lipinski definition) is 2. The lowest BCUT2D eigenvalue weighted by Gasteiger charge is -2.08. The van der Waals surface area contributed by atoms with E-state index in [0.717, 1.165) is 0 Å². The predicted octanol–water partition coefficient (Wildman–Crippen LogP) is 3.71. The van der Waals surface area contributed by atoms with Crippen LogP contribution in [0.25, 0.3) is 0 Å². The third-order valence-corrected chi connectivity index (χ3v) is 2.73. The van der Waals surface area contributed by atoms with Gasteiger partial charge in [0.25, 0.3) is 0 Å².